The van der Waals surface area contributed by atoms with E-state index in [1.165, 1.54) is 31.2 Å². The molecule has 112 valence electrons. The highest BCUT2D eigenvalue weighted by Crippen LogP contribution is 2.35. The van der Waals surface area contributed by atoms with Crippen molar-refractivity contribution in [1.82, 2.24) is 0 Å². The molecule has 0 N–H and O–H groups in total. The van der Waals surface area contributed by atoms with Gasteiger partial charge in [-0.2, -0.15) is 0 Å². The van der Waals surface area contributed by atoms with E-state index in [1.807, 2.05) is 0 Å². The van der Waals surface area contributed by atoms with Gasteiger partial charge in [0.2, 0.25) is 0 Å². The van der Waals surface area contributed by atoms with Crippen LogP contribution in [0.15, 0.2) is 30.3 Å². The quantitative estimate of drug-likeness (QED) is 0.263. The topological polar surface area (TPSA) is 9.23 Å². The Bertz CT molecular complexity index is 386. The van der Waals surface area contributed by atoms with E-state index in [0.29, 0.717) is 6.10 Å². The summed E-state index contributed by atoms with van der Waals surface area (Å²) in [4.78, 5) is 0. The van der Waals surface area contributed by atoms with Crippen LogP contribution < -0.4 is 0 Å². The summed E-state index contributed by atoms with van der Waals surface area (Å²) in [5.41, 5.74) is 1.50. The summed E-state index contributed by atoms with van der Waals surface area (Å²) >= 11 is 11.0. The lowest BCUT2D eigenvalue weighted by molar-refractivity contribution is 0.0251. The molecule has 1 fully saturated rings. The molecule has 0 radical (unpaired) electrons. The van der Waals surface area contributed by atoms with Crippen molar-refractivity contribution in [2.45, 2.75) is 50.2 Å². The smallest absolute Gasteiger partial charge is 0.267 e. The average Bonchev–Trinajstić information content (AvgIpc) is 2.44. The van der Waals surface area contributed by atoms with Gasteiger partial charge in [0.05, 0.1) is 6.10 Å². The molecule has 0 bridgehead atoms. The van der Waals surface area contributed by atoms with E-state index in [4.69, 9.17) is 4.74 Å². The number of hydrogen-bond donors (Lipinski definition) is 0. The van der Waals surface area contributed by atoms with Gasteiger partial charge in [-0.25, -0.2) is 0 Å². The van der Waals surface area contributed by atoms with Crippen LogP contribution in [0, 0.1) is 0 Å². The Morgan fingerprint density at radius 3 is 2.25 bits per heavy atom. The van der Waals surface area contributed by atoms with Gasteiger partial charge in [-0.05, 0) is 49.6 Å². The molecule has 0 spiro atoms. The minimum Gasteiger partial charge on any atom is -0.378 e. The molecular weight excluding hydrogens is 464 g/mol. The number of ether oxygens (including phenoxy) is 1. The molecule has 0 amide bonds. The Hall–Kier alpha value is 0.837. The second-order valence-corrected chi connectivity index (χ2v) is 29.0. The van der Waals surface area contributed by atoms with Crippen molar-refractivity contribution in [3.8, 4) is 0 Å². The van der Waals surface area contributed by atoms with E-state index in [1.54, 1.807) is 0 Å². The van der Waals surface area contributed by atoms with Gasteiger partial charge in [-0.15, -0.1) is 0 Å². The van der Waals surface area contributed by atoms with Gasteiger partial charge >= 0.3 is 0 Å². The van der Waals surface area contributed by atoms with Crippen LogP contribution in [-0.4, -0.2) is 16.6 Å². The molecule has 0 heterocycles. The van der Waals surface area contributed by atoms with Crippen molar-refractivity contribution in [2.24, 2.45) is 0 Å². The zero-order valence-electron chi connectivity index (χ0n) is 11.5. The van der Waals surface area contributed by atoms with Gasteiger partial charge in [0.15, 0.2) is 0 Å². The molecule has 0 unspecified atom stereocenters. The van der Waals surface area contributed by atoms with Crippen LogP contribution in [0.4, 0.5) is 0 Å². The third-order valence-electron chi connectivity index (χ3n) is 3.90. The third kappa shape index (κ3) is 6.30. The normalized spacial score (nSPS) is 23.8. The van der Waals surface area contributed by atoms with Crippen LogP contribution in [0.2, 0.25) is 6.04 Å². The van der Waals surface area contributed by atoms with E-state index >= 15 is 0 Å². The van der Waals surface area contributed by atoms with Gasteiger partial charge in [0.25, 0.3) is 3.93 Å². The van der Waals surface area contributed by atoms with Crippen LogP contribution in [0.3, 0.4) is 0 Å². The zero-order chi connectivity index (χ0) is 14.4. The predicted octanol–water partition coefficient (Wildman–Crippen LogP) is 6.24. The van der Waals surface area contributed by atoms with Crippen LogP contribution in [-0.2, 0) is 4.74 Å². The maximum Gasteiger partial charge on any atom is 0.267 e. The van der Waals surface area contributed by atoms with Gasteiger partial charge in [0, 0.05) is 6.61 Å². The second kappa shape index (κ2) is 8.46. The number of rotatable bonds is 6. The molecule has 1 aliphatic rings. The largest absolute Gasteiger partial charge is 0.378 e. The Labute approximate surface area is 146 Å². The molecule has 1 aromatic rings. The lowest BCUT2D eigenvalue weighted by Gasteiger charge is -2.29. The first-order valence-corrected chi connectivity index (χ1v) is 16.3. The molecule has 20 heavy (non-hydrogen) atoms. The van der Waals surface area contributed by atoms with E-state index in [0.717, 1.165) is 25.0 Å². The molecule has 2 rings (SSSR count). The highest BCUT2D eigenvalue weighted by atomic mass is 80.0. The van der Waals surface area contributed by atoms with Crippen molar-refractivity contribution >= 4 is 49.8 Å². The summed E-state index contributed by atoms with van der Waals surface area (Å²) < 4.78 is 4.58. The van der Waals surface area contributed by atoms with Crippen LogP contribution in [0.1, 0.15) is 43.6 Å². The monoisotopic (exact) mass is 482 g/mol. The Morgan fingerprint density at radius 1 is 1.00 bits per heavy atom. The molecular formula is C15H21Br3OSi. The fourth-order valence-corrected chi connectivity index (χ4v) is 5.88. The van der Waals surface area contributed by atoms with Gasteiger partial charge in [0.1, 0.15) is 0 Å². The molecule has 5 heteroatoms. The van der Waals surface area contributed by atoms with E-state index in [2.05, 4.69) is 76.2 Å². The highest BCUT2D eigenvalue weighted by molar-refractivity contribution is 9.72. The van der Waals surface area contributed by atoms with E-state index < -0.39 is 3.93 Å². The molecule has 1 aromatic carbocycles. The van der Waals surface area contributed by atoms with Crippen molar-refractivity contribution in [2.75, 3.05) is 6.61 Å². The van der Waals surface area contributed by atoms with Crippen LogP contribution >= 0.6 is 45.9 Å². The van der Waals surface area contributed by atoms with Gasteiger partial charge in [-0.3, -0.25) is 0 Å². The fourth-order valence-electron chi connectivity index (χ4n) is 2.81. The maximum atomic E-state index is 6.02. The van der Waals surface area contributed by atoms with Crippen molar-refractivity contribution in [3.63, 3.8) is 0 Å². The molecule has 0 saturated heterocycles. The van der Waals surface area contributed by atoms with Crippen molar-refractivity contribution < 1.29 is 4.74 Å². The fraction of sp³-hybridized carbons (Fsp3) is 0.600. The summed E-state index contributed by atoms with van der Waals surface area (Å²) in [5, 5.41) is 0. The van der Waals surface area contributed by atoms with Crippen LogP contribution in [0.25, 0.3) is 0 Å². The molecule has 0 aromatic heterocycles. The van der Waals surface area contributed by atoms with E-state index in [-0.39, 0.29) is 0 Å². The second-order valence-electron chi connectivity index (χ2n) is 5.47. The van der Waals surface area contributed by atoms with Gasteiger partial charge < -0.3 is 4.74 Å². The van der Waals surface area contributed by atoms with E-state index in [9.17, 15) is 0 Å². The summed E-state index contributed by atoms with van der Waals surface area (Å²) in [6.07, 6.45) is 6.54. The lowest BCUT2D eigenvalue weighted by atomic mass is 9.83. The Kier molecular flexibility index (Phi) is 7.28. The maximum absolute atomic E-state index is 6.02. The lowest BCUT2D eigenvalue weighted by Crippen LogP contribution is -2.21. The average molecular weight is 485 g/mol. The molecule has 1 aliphatic carbocycles. The summed E-state index contributed by atoms with van der Waals surface area (Å²) in [6.45, 7) is 0.887. The summed E-state index contributed by atoms with van der Waals surface area (Å²) in [7, 11) is 0. The van der Waals surface area contributed by atoms with Crippen molar-refractivity contribution in [1.29, 1.82) is 0 Å². The zero-order valence-corrected chi connectivity index (χ0v) is 17.3. The summed E-state index contributed by atoms with van der Waals surface area (Å²) in [5.74, 6) is 0.740. The number of hydrogen-bond acceptors (Lipinski definition) is 1. The molecule has 1 saturated carbocycles. The van der Waals surface area contributed by atoms with Gasteiger partial charge in [-0.1, -0.05) is 76.2 Å². The Morgan fingerprint density at radius 2 is 1.65 bits per heavy atom. The molecule has 0 aliphatic heterocycles. The number of halogens is 3. The first kappa shape index (κ1) is 17.2. The minimum absolute atomic E-state index is 0.479. The Balaban J connectivity index is 1.65. The predicted molar refractivity (Wildman–Crippen MR) is 99.4 cm³/mol. The summed E-state index contributed by atoms with van der Waals surface area (Å²) in [6, 6.07) is 12.1. The molecule has 1 nitrogen and oxygen atoms in total. The number of benzene rings is 1. The SMILES string of the molecule is Br[Si](Br)(Br)CCCO[C@H]1CC[C@H](c2ccccc2)CC1. The van der Waals surface area contributed by atoms with Crippen molar-refractivity contribution in [3.05, 3.63) is 35.9 Å². The standard InChI is InChI=1S/C15H21Br3OSi/c16-20(17,18)12-4-11-19-15-9-7-14(8-10-15)13-5-2-1-3-6-13/h1-3,5-6,14-15H,4,7-12H2/t14-,15-. The van der Waals surface area contributed by atoms with Crippen LogP contribution in [0.5, 0.6) is 0 Å². The molecule has 0 atom stereocenters. The minimum atomic E-state index is -1.44. The highest BCUT2D eigenvalue weighted by Gasteiger charge is 2.24. The first-order chi connectivity index (χ1) is 9.54. The first-order valence-electron chi connectivity index (χ1n) is 7.28. The third-order valence-corrected chi connectivity index (χ3v) is 8.39.